The molecular formula is C8H7ClOS. The number of hydrogen-bond acceptors (Lipinski definition) is 2. The van der Waals surface area contributed by atoms with Crippen LogP contribution in [-0.2, 0) is 0 Å². The number of ether oxygens (including phenoxy) is 1. The van der Waals surface area contributed by atoms with Crippen LogP contribution in [0, 0.1) is 0 Å². The number of hydrogen-bond donors (Lipinski definition) is 0. The Bertz CT molecular complexity index is 232. The fourth-order valence-corrected chi connectivity index (χ4v) is 0.855. The standard InChI is InChI=1S/C8H7ClOS/c9-7-1-3-8(4-2-7)10-5-6-11/h1-4,6H,5H2. The molecule has 1 rings (SSSR count). The second-order valence-corrected chi connectivity index (χ2v) is 2.70. The lowest BCUT2D eigenvalue weighted by Gasteiger charge is -2.00. The normalized spacial score (nSPS) is 9.18. The first-order chi connectivity index (χ1) is 5.33. The van der Waals surface area contributed by atoms with Gasteiger partial charge in [0.25, 0.3) is 0 Å². The summed E-state index contributed by atoms with van der Waals surface area (Å²) in [6, 6.07) is 7.17. The molecule has 0 N–H and O–H groups in total. The van der Waals surface area contributed by atoms with Crippen LogP contribution in [0.5, 0.6) is 5.75 Å². The van der Waals surface area contributed by atoms with E-state index < -0.39 is 0 Å². The fraction of sp³-hybridized carbons (Fsp3) is 0.125. The molecule has 0 amide bonds. The van der Waals surface area contributed by atoms with Crippen molar-refractivity contribution in [3.05, 3.63) is 29.3 Å². The highest BCUT2D eigenvalue weighted by molar-refractivity contribution is 7.79. The summed E-state index contributed by atoms with van der Waals surface area (Å²) in [5, 5.41) is 2.24. The van der Waals surface area contributed by atoms with E-state index in [1.807, 2.05) is 0 Å². The van der Waals surface area contributed by atoms with Crippen molar-refractivity contribution >= 4 is 29.2 Å². The third kappa shape index (κ3) is 2.87. The molecule has 0 bridgehead atoms. The molecule has 0 saturated carbocycles. The highest BCUT2D eigenvalue weighted by Gasteiger charge is 1.90. The van der Waals surface area contributed by atoms with Crippen LogP contribution in [0.15, 0.2) is 24.3 Å². The predicted molar refractivity (Wildman–Crippen MR) is 50.6 cm³/mol. The van der Waals surface area contributed by atoms with Gasteiger partial charge in [0.1, 0.15) is 12.4 Å². The zero-order valence-electron chi connectivity index (χ0n) is 5.79. The Hall–Kier alpha value is -0.600. The van der Waals surface area contributed by atoms with E-state index in [9.17, 15) is 0 Å². The molecule has 0 fully saturated rings. The minimum absolute atomic E-state index is 0.455. The van der Waals surface area contributed by atoms with Crippen LogP contribution in [-0.4, -0.2) is 12.0 Å². The molecule has 0 atom stereocenters. The van der Waals surface area contributed by atoms with Gasteiger partial charge in [0.15, 0.2) is 0 Å². The molecule has 0 aliphatic rings. The molecule has 0 radical (unpaired) electrons. The van der Waals surface area contributed by atoms with Crippen LogP contribution in [0.4, 0.5) is 0 Å². The maximum absolute atomic E-state index is 5.66. The van der Waals surface area contributed by atoms with Crippen molar-refractivity contribution < 1.29 is 4.74 Å². The SMILES string of the molecule is S=CCOc1ccc(Cl)cc1. The molecule has 0 spiro atoms. The zero-order valence-corrected chi connectivity index (χ0v) is 7.36. The molecule has 58 valence electrons. The first-order valence-corrected chi connectivity index (χ1v) is 4.00. The van der Waals surface area contributed by atoms with Crippen LogP contribution in [0.2, 0.25) is 5.02 Å². The van der Waals surface area contributed by atoms with E-state index in [1.165, 1.54) is 5.37 Å². The first kappa shape index (κ1) is 8.50. The minimum Gasteiger partial charge on any atom is -0.489 e. The van der Waals surface area contributed by atoms with Crippen molar-refractivity contribution in [2.75, 3.05) is 6.61 Å². The smallest absolute Gasteiger partial charge is 0.119 e. The highest BCUT2D eigenvalue weighted by Crippen LogP contribution is 2.14. The van der Waals surface area contributed by atoms with Crippen molar-refractivity contribution in [1.29, 1.82) is 0 Å². The van der Waals surface area contributed by atoms with Gasteiger partial charge >= 0.3 is 0 Å². The molecule has 0 aromatic heterocycles. The Balaban J connectivity index is 2.58. The van der Waals surface area contributed by atoms with E-state index in [-0.39, 0.29) is 0 Å². The first-order valence-electron chi connectivity index (χ1n) is 3.15. The lowest BCUT2D eigenvalue weighted by atomic mass is 10.3. The zero-order chi connectivity index (χ0) is 8.10. The van der Waals surface area contributed by atoms with Gasteiger partial charge < -0.3 is 4.74 Å². The summed E-state index contributed by atoms with van der Waals surface area (Å²) in [7, 11) is 0. The van der Waals surface area contributed by atoms with Crippen LogP contribution in [0.3, 0.4) is 0 Å². The maximum Gasteiger partial charge on any atom is 0.119 e. The summed E-state index contributed by atoms with van der Waals surface area (Å²) in [6.07, 6.45) is 0. The lowest BCUT2D eigenvalue weighted by Crippen LogP contribution is -1.95. The molecule has 0 unspecified atom stereocenters. The summed E-state index contributed by atoms with van der Waals surface area (Å²) in [5.41, 5.74) is 0. The molecule has 11 heavy (non-hydrogen) atoms. The molecule has 3 heteroatoms. The van der Waals surface area contributed by atoms with Crippen LogP contribution in [0.1, 0.15) is 0 Å². The topological polar surface area (TPSA) is 9.23 Å². The van der Waals surface area contributed by atoms with Gasteiger partial charge in [-0.25, -0.2) is 0 Å². The minimum atomic E-state index is 0.455. The number of thiocarbonyl (C=S) groups is 1. The molecule has 0 heterocycles. The molecule has 1 nitrogen and oxygen atoms in total. The van der Waals surface area contributed by atoms with E-state index in [4.69, 9.17) is 16.3 Å². The van der Waals surface area contributed by atoms with E-state index in [1.54, 1.807) is 24.3 Å². The van der Waals surface area contributed by atoms with Crippen LogP contribution >= 0.6 is 23.8 Å². The van der Waals surface area contributed by atoms with E-state index in [0.717, 1.165) is 5.75 Å². The highest BCUT2D eigenvalue weighted by atomic mass is 35.5. The van der Waals surface area contributed by atoms with E-state index in [2.05, 4.69) is 12.2 Å². The van der Waals surface area contributed by atoms with Crippen molar-refractivity contribution in [3.63, 3.8) is 0 Å². The summed E-state index contributed by atoms with van der Waals surface area (Å²) in [5.74, 6) is 0.788. The van der Waals surface area contributed by atoms with Crippen LogP contribution in [0.25, 0.3) is 0 Å². The summed E-state index contributed by atoms with van der Waals surface area (Å²) >= 11 is 10.3. The Morgan fingerprint density at radius 3 is 2.55 bits per heavy atom. The van der Waals surface area contributed by atoms with Gasteiger partial charge in [-0.15, -0.1) is 0 Å². The molecular weight excluding hydrogens is 180 g/mol. The average molecular weight is 187 g/mol. The second kappa shape index (κ2) is 4.31. The van der Waals surface area contributed by atoms with Gasteiger partial charge in [0, 0.05) is 10.4 Å². The van der Waals surface area contributed by atoms with Gasteiger partial charge in [0.2, 0.25) is 0 Å². The molecule has 0 aliphatic carbocycles. The quantitative estimate of drug-likeness (QED) is 0.672. The molecule has 1 aromatic carbocycles. The number of rotatable bonds is 3. The summed E-state index contributed by atoms with van der Waals surface area (Å²) in [4.78, 5) is 0. The number of benzene rings is 1. The van der Waals surface area contributed by atoms with Gasteiger partial charge in [-0.05, 0) is 24.3 Å². The predicted octanol–water partition coefficient (Wildman–Crippen LogP) is 2.72. The Labute approximate surface area is 75.9 Å². The molecule has 0 aliphatic heterocycles. The Morgan fingerprint density at radius 1 is 1.36 bits per heavy atom. The third-order valence-corrected chi connectivity index (χ3v) is 1.52. The van der Waals surface area contributed by atoms with Crippen molar-refractivity contribution in [1.82, 2.24) is 0 Å². The van der Waals surface area contributed by atoms with E-state index in [0.29, 0.717) is 11.6 Å². The van der Waals surface area contributed by atoms with Crippen LogP contribution < -0.4 is 4.74 Å². The van der Waals surface area contributed by atoms with Gasteiger partial charge in [0.05, 0.1) is 0 Å². The third-order valence-electron chi connectivity index (χ3n) is 1.13. The van der Waals surface area contributed by atoms with Gasteiger partial charge in [-0.2, -0.15) is 0 Å². The molecule has 0 saturated heterocycles. The summed E-state index contributed by atoms with van der Waals surface area (Å²) < 4.78 is 5.19. The van der Waals surface area contributed by atoms with Crippen molar-refractivity contribution in [2.45, 2.75) is 0 Å². The Kier molecular flexibility index (Phi) is 3.33. The number of halogens is 1. The van der Waals surface area contributed by atoms with Crippen molar-refractivity contribution in [3.8, 4) is 5.75 Å². The fourth-order valence-electron chi connectivity index (χ4n) is 0.661. The monoisotopic (exact) mass is 186 g/mol. The second-order valence-electron chi connectivity index (χ2n) is 1.93. The van der Waals surface area contributed by atoms with Gasteiger partial charge in [-0.1, -0.05) is 23.8 Å². The Morgan fingerprint density at radius 2 is 2.00 bits per heavy atom. The molecule has 1 aromatic rings. The largest absolute Gasteiger partial charge is 0.489 e. The van der Waals surface area contributed by atoms with Crippen molar-refractivity contribution in [2.24, 2.45) is 0 Å². The average Bonchev–Trinajstić information content (AvgIpc) is 2.04. The van der Waals surface area contributed by atoms with Gasteiger partial charge in [-0.3, -0.25) is 0 Å². The summed E-state index contributed by atoms with van der Waals surface area (Å²) in [6.45, 7) is 0.455. The maximum atomic E-state index is 5.66. The lowest BCUT2D eigenvalue weighted by molar-refractivity contribution is 0.382. The van der Waals surface area contributed by atoms with E-state index >= 15 is 0 Å².